The first-order valence-electron chi connectivity index (χ1n) is 9.36. The summed E-state index contributed by atoms with van der Waals surface area (Å²) in [4.78, 5) is 16.5. The van der Waals surface area contributed by atoms with Crippen LogP contribution in [0.2, 0.25) is 0 Å². The fourth-order valence-electron chi connectivity index (χ4n) is 3.65. The number of hydrogen-bond acceptors (Lipinski definition) is 5. The predicted octanol–water partition coefficient (Wildman–Crippen LogP) is 3.78. The number of aromatic hydroxyl groups is 2. The van der Waals surface area contributed by atoms with Gasteiger partial charge in [-0.3, -0.25) is 14.5 Å². The number of carbonyl (C=O) groups is 1. The quantitative estimate of drug-likeness (QED) is 0.412. The van der Waals surface area contributed by atoms with Gasteiger partial charge in [0, 0.05) is 35.2 Å². The molecule has 1 amide bonds. The summed E-state index contributed by atoms with van der Waals surface area (Å²) in [7, 11) is 0. The number of halogens is 3. The molecule has 2 aromatic rings. The molecule has 1 fully saturated rings. The van der Waals surface area contributed by atoms with E-state index in [4.69, 9.17) is 0 Å². The summed E-state index contributed by atoms with van der Waals surface area (Å²) in [5.41, 5.74) is 0.623. The maximum atomic E-state index is 13.5. The highest BCUT2D eigenvalue weighted by Gasteiger charge is 2.36. The molecule has 1 aliphatic carbocycles. The molecular weight excluding hydrogens is 497 g/mol. The number of alkyl halides is 3. The van der Waals surface area contributed by atoms with Gasteiger partial charge in [-0.05, 0) is 51.5 Å². The topological polar surface area (TPSA) is 100 Å². The molecule has 0 saturated heterocycles. The number of nitrogens with zero attached hydrogens (tertiary/aromatic N) is 3. The SMILES string of the molecule is Cc1ncc(O)cc1C(=O)NC1CCC(Cn2nc(C(F)(F)I)c(O)c2C)CC1. The lowest BCUT2D eigenvalue weighted by Gasteiger charge is -2.29. The van der Waals surface area contributed by atoms with E-state index in [1.54, 1.807) is 13.8 Å². The van der Waals surface area contributed by atoms with E-state index >= 15 is 0 Å². The van der Waals surface area contributed by atoms with Gasteiger partial charge in [0.15, 0.2) is 11.4 Å². The highest BCUT2D eigenvalue weighted by Crippen LogP contribution is 2.41. The third-order valence-electron chi connectivity index (χ3n) is 5.37. The molecule has 1 aliphatic rings. The zero-order valence-electron chi connectivity index (χ0n) is 16.1. The fraction of sp³-hybridized carbons (Fsp3) is 0.526. The molecular formula is C19H23F2IN4O3. The van der Waals surface area contributed by atoms with Crippen LogP contribution in [0.1, 0.15) is 53.1 Å². The van der Waals surface area contributed by atoms with E-state index < -0.39 is 15.4 Å². The number of aromatic nitrogens is 3. The number of hydrogen-bond donors (Lipinski definition) is 3. The van der Waals surface area contributed by atoms with Crippen molar-refractivity contribution in [1.82, 2.24) is 20.1 Å². The van der Waals surface area contributed by atoms with Crippen LogP contribution >= 0.6 is 22.6 Å². The second-order valence-corrected chi connectivity index (χ2v) is 8.83. The van der Waals surface area contributed by atoms with Crippen LogP contribution in [0.5, 0.6) is 11.5 Å². The standard InChI is InChI=1S/C19H23F2IN4O3/c1-10-15(7-14(27)8-23-10)18(29)24-13-5-3-12(4-6-13)9-26-11(2)16(28)17(25-26)19(20,21)22/h7-8,12-13,27-28H,3-6,9H2,1-2H3,(H,24,29). The number of pyridine rings is 1. The van der Waals surface area contributed by atoms with Crippen molar-refractivity contribution in [3.63, 3.8) is 0 Å². The summed E-state index contributed by atoms with van der Waals surface area (Å²) in [5, 5.41) is 26.4. The highest BCUT2D eigenvalue weighted by molar-refractivity contribution is 14.1. The van der Waals surface area contributed by atoms with Crippen molar-refractivity contribution >= 4 is 28.5 Å². The van der Waals surface area contributed by atoms with Gasteiger partial charge in [-0.2, -0.15) is 13.9 Å². The summed E-state index contributed by atoms with van der Waals surface area (Å²) in [5.74, 6) is -0.559. The van der Waals surface area contributed by atoms with Gasteiger partial charge in [0.2, 0.25) is 0 Å². The maximum absolute atomic E-state index is 13.5. The normalized spacial score (nSPS) is 19.9. The summed E-state index contributed by atoms with van der Waals surface area (Å²) >= 11 is 0.962. The van der Waals surface area contributed by atoms with E-state index in [9.17, 15) is 23.8 Å². The summed E-state index contributed by atoms with van der Waals surface area (Å²) in [6.07, 6.45) is 4.41. The molecule has 0 radical (unpaired) electrons. The van der Waals surface area contributed by atoms with E-state index in [2.05, 4.69) is 15.4 Å². The Kier molecular flexibility index (Phi) is 6.30. The average molecular weight is 520 g/mol. The molecule has 10 heteroatoms. The minimum Gasteiger partial charge on any atom is -0.506 e. The zero-order chi connectivity index (χ0) is 21.3. The Morgan fingerprint density at radius 2 is 1.97 bits per heavy atom. The zero-order valence-corrected chi connectivity index (χ0v) is 18.3. The Morgan fingerprint density at radius 3 is 2.55 bits per heavy atom. The maximum Gasteiger partial charge on any atom is 0.343 e. The van der Waals surface area contributed by atoms with Gasteiger partial charge >= 0.3 is 3.93 Å². The smallest absolute Gasteiger partial charge is 0.343 e. The summed E-state index contributed by atoms with van der Waals surface area (Å²) in [6.45, 7) is 3.73. The van der Waals surface area contributed by atoms with Crippen LogP contribution in [-0.2, 0) is 10.5 Å². The molecule has 0 unspecified atom stereocenters. The third kappa shape index (κ3) is 4.96. The van der Waals surface area contributed by atoms with Crippen molar-refractivity contribution in [2.45, 2.75) is 56.0 Å². The number of aryl methyl sites for hydroxylation is 1. The Balaban J connectivity index is 1.57. The number of carbonyl (C=O) groups excluding carboxylic acids is 1. The molecule has 0 aromatic carbocycles. The lowest BCUT2D eigenvalue weighted by atomic mass is 9.86. The minimum absolute atomic E-state index is 0.00172. The van der Waals surface area contributed by atoms with E-state index in [1.165, 1.54) is 16.9 Å². The Labute approximate surface area is 180 Å². The van der Waals surface area contributed by atoms with Gasteiger partial charge in [0.25, 0.3) is 5.91 Å². The lowest BCUT2D eigenvalue weighted by Crippen LogP contribution is -2.38. The molecule has 2 heterocycles. The second kappa shape index (κ2) is 8.41. The largest absolute Gasteiger partial charge is 0.506 e. The van der Waals surface area contributed by atoms with E-state index in [0.717, 1.165) is 48.3 Å². The number of rotatable bonds is 5. The van der Waals surface area contributed by atoms with Crippen LogP contribution in [0.4, 0.5) is 8.78 Å². The van der Waals surface area contributed by atoms with Crippen LogP contribution in [0.15, 0.2) is 12.3 Å². The molecule has 3 rings (SSSR count). The molecule has 29 heavy (non-hydrogen) atoms. The van der Waals surface area contributed by atoms with Gasteiger partial charge < -0.3 is 15.5 Å². The van der Waals surface area contributed by atoms with Crippen molar-refractivity contribution in [2.24, 2.45) is 5.92 Å². The average Bonchev–Trinajstić information content (AvgIpc) is 2.94. The van der Waals surface area contributed by atoms with Crippen LogP contribution in [0.3, 0.4) is 0 Å². The van der Waals surface area contributed by atoms with Crippen LogP contribution < -0.4 is 5.32 Å². The third-order valence-corrected chi connectivity index (χ3v) is 5.88. The summed E-state index contributed by atoms with van der Waals surface area (Å²) < 4.78 is 25.3. The van der Waals surface area contributed by atoms with Crippen molar-refractivity contribution in [3.8, 4) is 11.5 Å². The molecule has 7 nitrogen and oxygen atoms in total. The first kappa shape index (κ1) is 21.7. The van der Waals surface area contributed by atoms with Crippen LogP contribution in [-0.4, -0.2) is 36.9 Å². The molecule has 2 aromatic heterocycles. The van der Waals surface area contributed by atoms with E-state index in [1.807, 2.05) is 0 Å². The molecule has 0 spiro atoms. The number of nitrogens with one attached hydrogen (secondary N) is 1. The Hall–Kier alpha value is -1.98. The van der Waals surface area contributed by atoms with E-state index in [-0.39, 0.29) is 23.6 Å². The van der Waals surface area contributed by atoms with Gasteiger partial charge in [0.1, 0.15) is 5.75 Å². The van der Waals surface area contributed by atoms with Gasteiger partial charge in [0.05, 0.1) is 23.1 Å². The van der Waals surface area contributed by atoms with Gasteiger partial charge in [-0.15, -0.1) is 0 Å². The fourth-order valence-corrected chi connectivity index (χ4v) is 4.02. The lowest BCUT2D eigenvalue weighted by molar-refractivity contribution is 0.0918. The first-order chi connectivity index (χ1) is 13.6. The van der Waals surface area contributed by atoms with Gasteiger partial charge in [-0.25, -0.2) is 0 Å². The summed E-state index contributed by atoms with van der Waals surface area (Å²) in [6, 6.07) is 1.40. The van der Waals surface area contributed by atoms with E-state index in [0.29, 0.717) is 23.5 Å². The second-order valence-electron chi connectivity index (χ2n) is 7.48. The van der Waals surface area contributed by atoms with Crippen molar-refractivity contribution < 1.29 is 23.8 Å². The Morgan fingerprint density at radius 1 is 1.31 bits per heavy atom. The molecule has 0 bridgehead atoms. The molecule has 158 valence electrons. The highest BCUT2D eigenvalue weighted by atomic mass is 127. The van der Waals surface area contributed by atoms with Crippen molar-refractivity contribution in [1.29, 1.82) is 0 Å². The Bertz CT molecular complexity index is 906. The minimum atomic E-state index is -3.22. The molecule has 0 aliphatic heterocycles. The molecule has 1 saturated carbocycles. The van der Waals surface area contributed by atoms with Crippen molar-refractivity contribution in [3.05, 3.63) is 34.9 Å². The first-order valence-corrected chi connectivity index (χ1v) is 10.4. The molecule has 3 N–H and O–H groups in total. The van der Waals surface area contributed by atoms with Crippen molar-refractivity contribution in [2.75, 3.05) is 0 Å². The number of amides is 1. The van der Waals surface area contributed by atoms with Crippen LogP contribution in [0, 0.1) is 19.8 Å². The monoisotopic (exact) mass is 520 g/mol. The predicted molar refractivity (Wildman–Crippen MR) is 110 cm³/mol. The molecule has 0 atom stereocenters. The van der Waals surface area contributed by atoms with Gasteiger partial charge in [-0.1, -0.05) is 0 Å². The van der Waals surface area contributed by atoms with Crippen LogP contribution in [0.25, 0.3) is 0 Å².